The molecule has 4 heteroatoms. The molecule has 19 heavy (non-hydrogen) atoms. The molecule has 0 saturated heterocycles. The molecule has 1 aromatic heterocycles. The summed E-state index contributed by atoms with van der Waals surface area (Å²) in [5.41, 5.74) is 6.75. The molecule has 0 bridgehead atoms. The Bertz CT molecular complexity index is 497. The molecule has 0 saturated carbocycles. The fraction of sp³-hybridized carbons (Fsp3) is 0.333. The third kappa shape index (κ3) is 3.98. The largest absolute Gasteiger partial charge is 0.497 e. The Morgan fingerprint density at radius 1 is 1.21 bits per heavy atom. The number of nitrogens with two attached hydrogens (primary N) is 1. The van der Waals surface area contributed by atoms with Crippen molar-refractivity contribution in [2.75, 3.05) is 20.3 Å². The van der Waals surface area contributed by atoms with E-state index < -0.39 is 0 Å². The number of methoxy groups -OCH3 is 1. The van der Waals surface area contributed by atoms with Crippen molar-refractivity contribution >= 4 is 11.3 Å². The highest BCUT2D eigenvalue weighted by molar-refractivity contribution is 7.09. The first-order chi connectivity index (χ1) is 9.33. The highest BCUT2D eigenvalue weighted by Gasteiger charge is 2.05. The Labute approximate surface area is 118 Å². The molecule has 1 heterocycles. The van der Waals surface area contributed by atoms with Gasteiger partial charge in [0, 0.05) is 17.4 Å². The smallest absolute Gasteiger partial charge is 0.126 e. The molecule has 0 aliphatic rings. The fourth-order valence-corrected chi connectivity index (χ4v) is 2.56. The first-order valence-electron chi connectivity index (χ1n) is 6.35. The van der Waals surface area contributed by atoms with Crippen molar-refractivity contribution in [2.24, 2.45) is 5.73 Å². The van der Waals surface area contributed by atoms with Crippen molar-refractivity contribution in [3.63, 3.8) is 0 Å². The maximum atomic E-state index is 5.88. The highest BCUT2D eigenvalue weighted by atomic mass is 32.1. The second-order valence-corrected chi connectivity index (χ2v) is 5.22. The molecule has 0 fully saturated rings. The average molecular weight is 277 g/mol. The van der Waals surface area contributed by atoms with Crippen LogP contribution in [-0.2, 0) is 12.8 Å². The average Bonchev–Trinajstić information content (AvgIpc) is 2.94. The number of ether oxygens (including phenoxy) is 2. The first-order valence-corrected chi connectivity index (χ1v) is 7.23. The van der Waals surface area contributed by atoms with Gasteiger partial charge in [-0.15, -0.1) is 11.3 Å². The van der Waals surface area contributed by atoms with E-state index in [4.69, 9.17) is 15.2 Å². The van der Waals surface area contributed by atoms with Gasteiger partial charge in [-0.1, -0.05) is 12.1 Å². The first kappa shape index (κ1) is 13.9. The third-order valence-corrected chi connectivity index (χ3v) is 3.81. The van der Waals surface area contributed by atoms with Crippen LogP contribution in [0.5, 0.6) is 11.5 Å². The van der Waals surface area contributed by atoms with E-state index in [0.717, 1.165) is 29.9 Å². The van der Waals surface area contributed by atoms with Crippen molar-refractivity contribution < 1.29 is 9.47 Å². The van der Waals surface area contributed by atoms with Gasteiger partial charge in [0.1, 0.15) is 11.5 Å². The molecule has 0 spiro atoms. The molecule has 2 N–H and O–H groups in total. The molecule has 0 amide bonds. The van der Waals surface area contributed by atoms with Crippen molar-refractivity contribution in [3.8, 4) is 11.5 Å². The second kappa shape index (κ2) is 7.16. The number of rotatable bonds is 7. The summed E-state index contributed by atoms with van der Waals surface area (Å²) in [4.78, 5) is 1.34. The SMILES string of the molecule is COc1ccc(CCN)c(OCCc2cccs2)c1. The lowest BCUT2D eigenvalue weighted by Gasteiger charge is -2.12. The predicted molar refractivity (Wildman–Crippen MR) is 79.3 cm³/mol. The van der Waals surface area contributed by atoms with Gasteiger partial charge in [0.2, 0.25) is 0 Å². The van der Waals surface area contributed by atoms with Crippen molar-refractivity contribution in [3.05, 3.63) is 46.2 Å². The maximum absolute atomic E-state index is 5.88. The van der Waals surface area contributed by atoms with Crippen LogP contribution in [0.3, 0.4) is 0 Å². The van der Waals surface area contributed by atoms with Crippen LogP contribution in [0.15, 0.2) is 35.7 Å². The van der Waals surface area contributed by atoms with Crippen LogP contribution in [0.25, 0.3) is 0 Å². The Kier molecular flexibility index (Phi) is 5.24. The lowest BCUT2D eigenvalue weighted by molar-refractivity contribution is 0.316. The van der Waals surface area contributed by atoms with Gasteiger partial charge < -0.3 is 15.2 Å². The molecule has 0 aliphatic heterocycles. The minimum absolute atomic E-state index is 0.619. The van der Waals surface area contributed by atoms with E-state index in [1.165, 1.54) is 4.88 Å². The van der Waals surface area contributed by atoms with Gasteiger partial charge in [0.25, 0.3) is 0 Å². The normalized spacial score (nSPS) is 10.4. The lowest BCUT2D eigenvalue weighted by Crippen LogP contribution is -2.07. The molecule has 2 rings (SSSR count). The summed E-state index contributed by atoms with van der Waals surface area (Å²) in [6.07, 6.45) is 1.75. The molecule has 3 nitrogen and oxygen atoms in total. The summed E-state index contributed by atoms with van der Waals surface area (Å²) >= 11 is 1.76. The Morgan fingerprint density at radius 2 is 2.11 bits per heavy atom. The molecule has 0 aliphatic carbocycles. The topological polar surface area (TPSA) is 44.5 Å². The fourth-order valence-electron chi connectivity index (χ4n) is 1.87. The summed E-state index contributed by atoms with van der Waals surface area (Å²) in [5.74, 6) is 1.69. The van der Waals surface area contributed by atoms with Crippen LogP contribution >= 0.6 is 11.3 Å². The van der Waals surface area contributed by atoms with E-state index in [2.05, 4.69) is 17.5 Å². The van der Waals surface area contributed by atoms with E-state index >= 15 is 0 Å². The highest BCUT2D eigenvalue weighted by Crippen LogP contribution is 2.25. The molecule has 0 unspecified atom stereocenters. The Hall–Kier alpha value is -1.52. The van der Waals surface area contributed by atoms with Crippen LogP contribution in [-0.4, -0.2) is 20.3 Å². The Morgan fingerprint density at radius 3 is 2.79 bits per heavy atom. The minimum Gasteiger partial charge on any atom is -0.497 e. The van der Waals surface area contributed by atoms with Gasteiger partial charge in [-0.2, -0.15) is 0 Å². The molecule has 0 radical (unpaired) electrons. The minimum atomic E-state index is 0.619. The molecule has 2 aromatic rings. The molecule has 1 aromatic carbocycles. The van der Waals surface area contributed by atoms with E-state index in [0.29, 0.717) is 13.2 Å². The van der Waals surface area contributed by atoms with E-state index in [1.54, 1.807) is 18.4 Å². The van der Waals surface area contributed by atoms with E-state index in [9.17, 15) is 0 Å². The zero-order chi connectivity index (χ0) is 13.5. The van der Waals surface area contributed by atoms with Crippen molar-refractivity contribution in [1.29, 1.82) is 0 Å². The maximum Gasteiger partial charge on any atom is 0.126 e. The third-order valence-electron chi connectivity index (χ3n) is 2.87. The molecular weight excluding hydrogens is 258 g/mol. The van der Waals surface area contributed by atoms with Gasteiger partial charge >= 0.3 is 0 Å². The number of thiophene rings is 1. The monoisotopic (exact) mass is 277 g/mol. The number of hydrogen-bond acceptors (Lipinski definition) is 4. The summed E-state index contributed by atoms with van der Waals surface area (Å²) in [7, 11) is 1.66. The zero-order valence-electron chi connectivity index (χ0n) is 11.1. The van der Waals surface area contributed by atoms with Crippen LogP contribution in [0.2, 0.25) is 0 Å². The summed E-state index contributed by atoms with van der Waals surface area (Å²) in [6.45, 7) is 1.29. The number of benzene rings is 1. The van der Waals surface area contributed by atoms with Crippen molar-refractivity contribution in [1.82, 2.24) is 0 Å². The van der Waals surface area contributed by atoms with Crippen LogP contribution < -0.4 is 15.2 Å². The quantitative estimate of drug-likeness (QED) is 0.846. The number of hydrogen-bond donors (Lipinski definition) is 1. The summed E-state index contributed by atoms with van der Waals surface area (Å²) in [5, 5.41) is 2.08. The van der Waals surface area contributed by atoms with Crippen LogP contribution in [0.1, 0.15) is 10.4 Å². The van der Waals surface area contributed by atoms with Gasteiger partial charge in [-0.3, -0.25) is 0 Å². The summed E-state index contributed by atoms with van der Waals surface area (Å²) < 4.78 is 11.1. The zero-order valence-corrected chi connectivity index (χ0v) is 11.9. The van der Waals surface area contributed by atoms with Crippen LogP contribution in [0.4, 0.5) is 0 Å². The van der Waals surface area contributed by atoms with Crippen molar-refractivity contribution in [2.45, 2.75) is 12.8 Å². The summed E-state index contributed by atoms with van der Waals surface area (Å²) in [6, 6.07) is 10.1. The lowest BCUT2D eigenvalue weighted by atomic mass is 10.1. The van der Waals surface area contributed by atoms with Gasteiger partial charge in [-0.05, 0) is 36.0 Å². The molecule has 102 valence electrons. The predicted octanol–water partition coefficient (Wildman–Crippen LogP) is 2.88. The van der Waals surface area contributed by atoms with Gasteiger partial charge in [0.05, 0.1) is 13.7 Å². The van der Waals surface area contributed by atoms with Crippen LogP contribution in [0, 0.1) is 0 Å². The van der Waals surface area contributed by atoms with Gasteiger partial charge in [-0.25, -0.2) is 0 Å². The second-order valence-electron chi connectivity index (χ2n) is 4.19. The molecule has 0 atom stereocenters. The molecular formula is C15H19NO2S. The van der Waals surface area contributed by atoms with E-state index in [-0.39, 0.29) is 0 Å². The van der Waals surface area contributed by atoms with E-state index in [1.807, 2.05) is 18.2 Å². The standard InChI is InChI=1S/C15H19NO2S/c1-17-13-5-4-12(6-8-16)15(11-13)18-9-7-14-3-2-10-19-14/h2-5,10-11H,6-9,16H2,1H3. The Balaban J connectivity index is 2.00. The van der Waals surface area contributed by atoms with Gasteiger partial charge in [0.15, 0.2) is 0 Å².